The van der Waals surface area contributed by atoms with Crippen LogP contribution in [-0.4, -0.2) is 24.6 Å². The Balaban J connectivity index is 1.91. The standard InChI is InChI=1S/C10H10N6S/c1-7-2-9(11-3-8-4-17-6-13-8)16-10(15-7)12-5-14-16/h2,4-6,11H,3H2,1H3. The molecule has 0 fully saturated rings. The van der Waals surface area contributed by atoms with Gasteiger partial charge in [0.05, 0.1) is 17.7 Å². The third-order valence-electron chi connectivity index (χ3n) is 2.31. The minimum atomic E-state index is 0.603. The van der Waals surface area contributed by atoms with Crippen LogP contribution in [0.4, 0.5) is 5.82 Å². The first-order valence-corrected chi connectivity index (χ1v) is 6.05. The summed E-state index contributed by atoms with van der Waals surface area (Å²) in [6, 6.07) is 1.94. The van der Waals surface area contributed by atoms with E-state index >= 15 is 0 Å². The van der Waals surface area contributed by atoms with Crippen molar-refractivity contribution in [3.05, 3.63) is 34.7 Å². The van der Waals surface area contributed by atoms with E-state index in [-0.39, 0.29) is 0 Å². The van der Waals surface area contributed by atoms with Crippen LogP contribution in [-0.2, 0) is 6.54 Å². The molecular formula is C10H10N6S. The maximum atomic E-state index is 4.28. The molecule has 3 rings (SSSR count). The number of hydrogen-bond donors (Lipinski definition) is 1. The SMILES string of the molecule is Cc1cc(NCc2cscn2)n2ncnc2n1. The van der Waals surface area contributed by atoms with Crippen LogP contribution in [0.2, 0.25) is 0 Å². The molecule has 0 amide bonds. The Labute approximate surface area is 101 Å². The molecule has 1 N–H and O–H groups in total. The number of anilines is 1. The topological polar surface area (TPSA) is 68.0 Å². The van der Waals surface area contributed by atoms with E-state index in [2.05, 4.69) is 25.4 Å². The predicted molar refractivity (Wildman–Crippen MR) is 65.0 cm³/mol. The average molecular weight is 246 g/mol. The summed E-state index contributed by atoms with van der Waals surface area (Å²) >= 11 is 1.58. The van der Waals surface area contributed by atoms with Gasteiger partial charge in [0.1, 0.15) is 12.1 Å². The van der Waals surface area contributed by atoms with E-state index in [1.807, 2.05) is 23.9 Å². The number of aryl methyl sites for hydroxylation is 1. The van der Waals surface area contributed by atoms with Crippen LogP contribution < -0.4 is 5.32 Å². The van der Waals surface area contributed by atoms with Crippen molar-refractivity contribution in [2.45, 2.75) is 13.5 Å². The third kappa shape index (κ3) is 1.96. The summed E-state index contributed by atoms with van der Waals surface area (Å²) in [4.78, 5) is 12.6. The maximum Gasteiger partial charge on any atom is 0.254 e. The highest BCUT2D eigenvalue weighted by molar-refractivity contribution is 7.07. The Morgan fingerprint density at radius 2 is 2.35 bits per heavy atom. The minimum Gasteiger partial charge on any atom is -0.364 e. The number of rotatable bonds is 3. The number of fused-ring (bicyclic) bond motifs is 1. The van der Waals surface area contributed by atoms with Crippen molar-refractivity contribution in [3.63, 3.8) is 0 Å². The van der Waals surface area contributed by atoms with Gasteiger partial charge in [0, 0.05) is 17.1 Å². The number of nitrogens with one attached hydrogen (secondary N) is 1. The zero-order valence-corrected chi connectivity index (χ0v) is 9.98. The Morgan fingerprint density at radius 1 is 1.41 bits per heavy atom. The first kappa shape index (κ1) is 10.2. The molecule has 0 atom stereocenters. The van der Waals surface area contributed by atoms with Crippen molar-refractivity contribution in [3.8, 4) is 0 Å². The van der Waals surface area contributed by atoms with Crippen molar-refractivity contribution in [1.82, 2.24) is 24.6 Å². The molecule has 7 heteroatoms. The molecule has 0 radical (unpaired) electrons. The van der Waals surface area contributed by atoms with Crippen LogP contribution in [0.15, 0.2) is 23.3 Å². The van der Waals surface area contributed by atoms with Gasteiger partial charge in [0.25, 0.3) is 5.78 Å². The van der Waals surface area contributed by atoms with E-state index in [4.69, 9.17) is 0 Å². The Hall–Kier alpha value is -2.02. The summed E-state index contributed by atoms with van der Waals surface area (Å²) in [6.45, 7) is 2.60. The summed E-state index contributed by atoms with van der Waals surface area (Å²) in [6.07, 6.45) is 1.50. The van der Waals surface area contributed by atoms with Crippen LogP contribution in [0.3, 0.4) is 0 Å². The Bertz CT molecular complexity index is 629. The second-order valence-corrected chi connectivity index (χ2v) is 4.31. The molecule has 0 aliphatic carbocycles. The van der Waals surface area contributed by atoms with Gasteiger partial charge in [0.15, 0.2) is 0 Å². The van der Waals surface area contributed by atoms with Gasteiger partial charge in [-0.1, -0.05) is 0 Å². The van der Waals surface area contributed by atoms with Crippen molar-refractivity contribution in [1.29, 1.82) is 0 Å². The summed E-state index contributed by atoms with van der Waals surface area (Å²) in [5.41, 5.74) is 3.74. The highest BCUT2D eigenvalue weighted by Gasteiger charge is 2.05. The van der Waals surface area contributed by atoms with Crippen molar-refractivity contribution < 1.29 is 0 Å². The highest BCUT2D eigenvalue weighted by atomic mass is 32.1. The quantitative estimate of drug-likeness (QED) is 0.758. The van der Waals surface area contributed by atoms with Crippen LogP contribution >= 0.6 is 11.3 Å². The van der Waals surface area contributed by atoms with Crippen LogP contribution in [0, 0.1) is 6.92 Å². The molecule has 3 aromatic heterocycles. The van der Waals surface area contributed by atoms with Crippen molar-refractivity contribution in [2.75, 3.05) is 5.32 Å². The molecule has 0 aliphatic rings. The molecule has 17 heavy (non-hydrogen) atoms. The number of thiazole rings is 1. The van der Waals surface area contributed by atoms with E-state index in [0.717, 1.165) is 17.2 Å². The Kier molecular flexibility index (Phi) is 2.45. The fraction of sp³-hybridized carbons (Fsp3) is 0.200. The predicted octanol–water partition coefficient (Wildman–Crippen LogP) is 1.50. The lowest BCUT2D eigenvalue weighted by atomic mass is 10.4. The van der Waals surface area contributed by atoms with E-state index in [0.29, 0.717) is 12.3 Å². The number of aromatic nitrogens is 5. The number of nitrogens with zero attached hydrogens (tertiary/aromatic N) is 5. The van der Waals surface area contributed by atoms with Crippen LogP contribution in [0.25, 0.3) is 5.78 Å². The summed E-state index contributed by atoms with van der Waals surface area (Å²) < 4.78 is 1.68. The molecule has 0 bridgehead atoms. The summed E-state index contributed by atoms with van der Waals surface area (Å²) in [5.74, 6) is 1.48. The molecule has 86 valence electrons. The largest absolute Gasteiger partial charge is 0.364 e. The highest BCUT2D eigenvalue weighted by Crippen LogP contribution is 2.11. The van der Waals surface area contributed by atoms with E-state index in [9.17, 15) is 0 Å². The molecule has 0 spiro atoms. The smallest absolute Gasteiger partial charge is 0.254 e. The lowest BCUT2D eigenvalue weighted by molar-refractivity contribution is 0.911. The average Bonchev–Trinajstić information content (AvgIpc) is 2.95. The first-order chi connectivity index (χ1) is 8.33. The maximum absolute atomic E-state index is 4.28. The normalized spacial score (nSPS) is 10.9. The van der Waals surface area contributed by atoms with Gasteiger partial charge in [0.2, 0.25) is 0 Å². The first-order valence-electron chi connectivity index (χ1n) is 5.11. The van der Waals surface area contributed by atoms with Crippen LogP contribution in [0.5, 0.6) is 0 Å². The molecule has 0 saturated heterocycles. The molecule has 0 aliphatic heterocycles. The van der Waals surface area contributed by atoms with Gasteiger partial charge in [-0.3, -0.25) is 0 Å². The second-order valence-electron chi connectivity index (χ2n) is 3.59. The monoisotopic (exact) mass is 246 g/mol. The molecule has 3 aromatic rings. The molecule has 3 heterocycles. The van der Waals surface area contributed by atoms with Crippen molar-refractivity contribution in [2.24, 2.45) is 0 Å². The molecule has 0 saturated carbocycles. The molecule has 6 nitrogen and oxygen atoms in total. The van der Waals surface area contributed by atoms with Gasteiger partial charge in [-0.25, -0.2) is 9.97 Å². The van der Waals surface area contributed by atoms with E-state index in [1.54, 1.807) is 15.9 Å². The summed E-state index contributed by atoms with van der Waals surface area (Å²) in [7, 11) is 0. The second kappa shape index (κ2) is 4.10. The summed E-state index contributed by atoms with van der Waals surface area (Å²) in [5, 5.41) is 9.42. The fourth-order valence-electron chi connectivity index (χ4n) is 1.56. The zero-order valence-electron chi connectivity index (χ0n) is 9.16. The molecular weight excluding hydrogens is 236 g/mol. The number of hydrogen-bond acceptors (Lipinski definition) is 6. The molecule has 0 aromatic carbocycles. The zero-order chi connectivity index (χ0) is 11.7. The van der Waals surface area contributed by atoms with Crippen molar-refractivity contribution >= 4 is 22.9 Å². The van der Waals surface area contributed by atoms with Gasteiger partial charge in [-0.05, 0) is 6.92 Å². The van der Waals surface area contributed by atoms with E-state index < -0.39 is 0 Å². The van der Waals surface area contributed by atoms with Gasteiger partial charge in [-0.15, -0.1) is 11.3 Å². The molecule has 0 unspecified atom stereocenters. The van der Waals surface area contributed by atoms with Crippen LogP contribution in [0.1, 0.15) is 11.4 Å². The van der Waals surface area contributed by atoms with Gasteiger partial charge >= 0.3 is 0 Å². The Morgan fingerprint density at radius 3 is 3.18 bits per heavy atom. The van der Waals surface area contributed by atoms with E-state index in [1.165, 1.54) is 6.33 Å². The van der Waals surface area contributed by atoms with Gasteiger partial charge in [-0.2, -0.15) is 14.6 Å². The fourth-order valence-corrected chi connectivity index (χ4v) is 2.12. The lowest BCUT2D eigenvalue weighted by Crippen LogP contribution is -2.07. The van der Waals surface area contributed by atoms with Gasteiger partial charge < -0.3 is 5.32 Å². The minimum absolute atomic E-state index is 0.603. The lowest BCUT2D eigenvalue weighted by Gasteiger charge is -2.06. The third-order valence-corrected chi connectivity index (χ3v) is 2.95.